The van der Waals surface area contributed by atoms with Gasteiger partial charge in [0.05, 0.1) is 12.1 Å². The largest absolute Gasteiger partial charge is 0.441 e. The van der Waals surface area contributed by atoms with Gasteiger partial charge in [-0.3, -0.25) is 0 Å². The molecule has 0 aliphatic carbocycles. The van der Waals surface area contributed by atoms with E-state index < -0.39 is 5.60 Å². The van der Waals surface area contributed by atoms with Crippen molar-refractivity contribution in [3.8, 4) is 0 Å². The molecule has 3 nitrogen and oxygen atoms in total. The van der Waals surface area contributed by atoms with Crippen molar-refractivity contribution in [2.75, 3.05) is 7.11 Å². The summed E-state index contributed by atoms with van der Waals surface area (Å²) in [7, 11) is 1.66. The molecular formula is C9H14ClNO2. The molecule has 1 aromatic heterocycles. The number of ether oxygens (including phenoxy) is 1. The highest BCUT2D eigenvalue weighted by molar-refractivity contribution is 6.16. The molecule has 13 heavy (non-hydrogen) atoms. The second-order valence-electron chi connectivity index (χ2n) is 3.04. The van der Waals surface area contributed by atoms with Gasteiger partial charge in [0.15, 0.2) is 5.76 Å². The first-order valence-electron chi connectivity index (χ1n) is 4.22. The molecular weight excluding hydrogens is 190 g/mol. The molecule has 0 aliphatic heterocycles. The van der Waals surface area contributed by atoms with Crippen LogP contribution in [0.4, 0.5) is 0 Å². The van der Waals surface area contributed by atoms with Crippen molar-refractivity contribution in [1.82, 2.24) is 4.98 Å². The smallest absolute Gasteiger partial charge is 0.209 e. The molecule has 74 valence electrons. The molecule has 0 fully saturated rings. The fourth-order valence-corrected chi connectivity index (χ4v) is 1.16. The number of alkyl halides is 1. The third kappa shape index (κ3) is 2.03. The number of rotatable bonds is 4. The van der Waals surface area contributed by atoms with Crippen molar-refractivity contribution in [3.05, 3.63) is 17.8 Å². The highest BCUT2D eigenvalue weighted by Gasteiger charge is 2.28. The minimum Gasteiger partial charge on any atom is -0.441 e. The van der Waals surface area contributed by atoms with Gasteiger partial charge in [-0.05, 0) is 13.3 Å². The first-order chi connectivity index (χ1) is 6.16. The van der Waals surface area contributed by atoms with E-state index in [4.69, 9.17) is 20.8 Å². The summed E-state index contributed by atoms with van der Waals surface area (Å²) in [4.78, 5) is 4.02. The lowest BCUT2D eigenvalue weighted by atomic mass is 10.0. The van der Waals surface area contributed by atoms with Gasteiger partial charge in [-0.25, -0.2) is 4.98 Å². The normalized spacial score (nSPS) is 15.7. The zero-order chi connectivity index (χ0) is 9.90. The van der Waals surface area contributed by atoms with Crippen molar-refractivity contribution in [2.45, 2.75) is 31.7 Å². The molecule has 0 bridgehead atoms. The molecule has 0 amide bonds. The van der Waals surface area contributed by atoms with Crippen LogP contribution in [0.2, 0.25) is 0 Å². The molecule has 1 unspecified atom stereocenters. The van der Waals surface area contributed by atoms with Gasteiger partial charge in [-0.15, -0.1) is 11.6 Å². The Morgan fingerprint density at radius 2 is 2.38 bits per heavy atom. The molecule has 1 aromatic rings. The zero-order valence-corrected chi connectivity index (χ0v) is 8.89. The van der Waals surface area contributed by atoms with Crippen LogP contribution in [0.25, 0.3) is 0 Å². The van der Waals surface area contributed by atoms with Crippen LogP contribution in [-0.4, -0.2) is 12.1 Å². The molecule has 1 heterocycles. The summed E-state index contributed by atoms with van der Waals surface area (Å²) in [6.45, 7) is 4.00. The first kappa shape index (κ1) is 10.5. The predicted molar refractivity (Wildman–Crippen MR) is 50.7 cm³/mol. The highest BCUT2D eigenvalue weighted by atomic mass is 35.5. The Balaban J connectivity index is 2.91. The molecule has 1 rings (SSSR count). The standard InChI is InChI=1S/C9H14ClNO2/c1-4-9(2,12-3)7-6-11-8(5-10)13-7/h6H,4-5H2,1-3H3. The van der Waals surface area contributed by atoms with Crippen molar-refractivity contribution >= 4 is 11.6 Å². The van der Waals surface area contributed by atoms with Gasteiger partial charge in [-0.2, -0.15) is 0 Å². The van der Waals surface area contributed by atoms with E-state index in [1.54, 1.807) is 13.3 Å². The van der Waals surface area contributed by atoms with E-state index >= 15 is 0 Å². The van der Waals surface area contributed by atoms with Gasteiger partial charge in [0, 0.05) is 7.11 Å². The average molecular weight is 204 g/mol. The summed E-state index contributed by atoms with van der Waals surface area (Å²) in [6, 6.07) is 0. The second kappa shape index (κ2) is 4.11. The Bertz CT molecular complexity index is 268. The maximum atomic E-state index is 5.58. The Morgan fingerprint density at radius 1 is 1.69 bits per heavy atom. The van der Waals surface area contributed by atoms with Gasteiger partial charge in [0.25, 0.3) is 0 Å². The number of hydrogen-bond acceptors (Lipinski definition) is 3. The van der Waals surface area contributed by atoms with Crippen LogP contribution in [0.5, 0.6) is 0 Å². The molecule has 0 radical (unpaired) electrons. The quantitative estimate of drug-likeness (QED) is 0.706. The summed E-state index contributed by atoms with van der Waals surface area (Å²) >= 11 is 5.58. The number of oxazole rings is 1. The van der Waals surface area contributed by atoms with Crippen LogP contribution in [0.3, 0.4) is 0 Å². The lowest BCUT2D eigenvalue weighted by molar-refractivity contribution is -0.0195. The Labute approximate surface area is 83.1 Å². The lowest BCUT2D eigenvalue weighted by Crippen LogP contribution is -2.22. The Hall–Kier alpha value is -0.540. The molecule has 0 aromatic carbocycles. The summed E-state index contributed by atoms with van der Waals surface area (Å²) in [5.74, 6) is 1.56. The summed E-state index contributed by atoms with van der Waals surface area (Å²) < 4.78 is 10.8. The monoisotopic (exact) mass is 203 g/mol. The van der Waals surface area contributed by atoms with Crippen molar-refractivity contribution in [3.63, 3.8) is 0 Å². The lowest BCUT2D eigenvalue weighted by Gasteiger charge is -2.23. The summed E-state index contributed by atoms with van der Waals surface area (Å²) in [6.07, 6.45) is 2.51. The molecule has 0 aliphatic rings. The van der Waals surface area contributed by atoms with E-state index in [0.29, 0.717) is 11.8 Å². The number of aromatic nitrogens is 1. The first-order valence-corrected chi connectivity index (χ1v) is 4.76. The van der Waals surface area contributed by atoms with E-state index in [1.165, 1.54) is 0 Å². The van der Waals surface area contributed by atoms with E-state index in [2.05, 4.69) is 4.98 Å². The van der Waals surface area contributed by atoms with Gasteiger partial charge >= 0.3 is 0 Å². The van der Waals surface area contributed by atoms with E-state index in [1.807, 2.05) is 13.8 Å². The second-order valence-corrected chi connectivity index (χ2v) is 3.31. The Morgan fingerprint density at radius 3 is 2.77 bits per heavy atom. The molecule has 1 atom stereocenters. The zero-order valence-electron chi connectivity index (χ0n) is 8.13. The molecule has 0 saturated heterocycles. The van der Waals surface area contributed by atoms with Gasteiger partial charge in [-0.1, -0.05) is 6.92 Å². The van der Waals surface area contributed by atoms with E-state index in [9.17, 15) is 0 Å². The minimum atomic E-state index is -0.392. The maximum Gasteiger partial charge on any atom is 0.209 e. The maximum absolute atomic E-state index is 5.58. The predicted octanol–water partition coefficient (Wildman–Crippen LogP) is 2.69. The number of nitrogens with zero attached hydrogens (tertiary/aromatic N) is 1. The van der Waals surface area contributed by atoms with Gasteiger partial charge in [0.2, 0.25) is 5.89 Å². The SMILES string of the molecule is CCC(C)(OC)c1cnc(CCl)o1. The van der Waals surface area contributed by atoms with Crippen molar-refractivity contribution in [1.29, 1.82) is 0 Å². The Kier molecular flexibility index (Phi) is 3.33. The van der Waals surface area contributed by atoms with Crippen LogP contribution < -0.4 is 0 Å². The fraction of sp³-hybridized carbons (Fsp3) is 0.667. The third-order valence-corrected chi connectivity index (χ3v) is 2.54. The van der Waals surface area contributed by atoms with Crippen LogP contribution >= 0.6 is 11.6 Å². The van der Waals surface area contributed by atoms with E-state index in [0.717, 1.165) is 12.2 Å². The average Bonchev–Trinajstić information content (AvgIpc) is 2.65. The summed E-state index contributed by atoms with van der Waals surface area (Å²) in [5.41, 5.74) is -0.392. The number of methoxy groups -OCH3 is 1. The van der Waals surface area contributed by atoms with E-state index in [-0.39, 0.29) is 0 Å². The fourth-order valence-electron chi connectivity index (χ4n) is 1.04. The van der Waals surface area contributed by atoms with Crippen LogP contribution in [0, 0.1) is 0 Å². The van der Waals surface area contributed by atoms with Crippen LogP contribution in [0.1, 0.15) is 31.9 Å². The molecule has 0 spiro atoms. The van der Waals surface area contributed by atoms with Crippen LogP contribution in [-0.2, 0) is 16.2 Å². The van der Waals surface area contributed by atoms with Crippen LogP contribution in [0.15, 0.2) is 10.6 Å². The summed E-state index contributed by atoms with van der Waals surface area (Å²) in [5, 5.41) is 0. The topological polar surface area (TPSA) is 35.3 Å². The minimum absolute atomic E-state index is 0.295. The molecule has 0 N–H and O–H groups in total. The molecule has 0 saturated carbocycles. The third-order valence-electron chi connectivity index (χ3n) is 2.31. The van der Waals surface area contributed by atoms with Gasteiger partial charge in [0.1, 0.15) is 5.60 Å². The van der Waals surface area contributed by atoms with Gasteiger partial charge < -0.3 is 9.15 Å². The highest BCUT2D eigenvalue weighted by Crippen LogP contribution is 2.28. The number of halogens is 1. The van der Waals surface area contributed by atoms with Crippen molar-refractivity contribution in [2.24, 2.45) is 0 Å². The van der Waals surface area contributed by atoms with Crippen molar-refractivity contribution < 1.29 is 9.15 Å². The number of hydrogen-bond donors (Lipinski definition) is 0. The molecule has 4 heteroatoms.